The van der Waals surface area contributed by atoms with Crippen LogP contribution in [0.1, 0.15) is 39.7 Å². The van der Waals surface area contributed by atoms with Gasteiger partial charge in [0.25, 0.3) is 0 Å². The fourth-order valence-electron chi connectivity index (χ4n) is 3.38. The minimum absolute atomic E-state index is 0.486. The normalized spacial score (nSPS) is 32.1. The highest BCUT2D eigenvalue weighted by atomic mass is 15.3. The highest BCUT2D eigenvalue weighted by Crippen LogP contribution is 2.37. The van der Waals surface area contributed by atoms with Gasteiger partial charge in [0.2, 0.25) is 0 Å². The monoisotopic (exact) mass is 303 g/mol. The Morgan fingerprint density at radius 3 is 2.82 bits per heavy atom. The molecule has 4 unspecified atom stereocenters. The van der Waals surface area contributed by atoms with Crippen LogP contribution in [0.2, 0.25) is 0 Å². The molecule has 4 atom stereocenters. The molecule has 22 heavy (non-hydrogen) atoms. The summed E-state index contributed by atoms with van der Waals surface area (Å²) in [6, 6.07) is 0.486. The number of nitrogens with zero attached hydrogens (tertiary/aromatic N) is 4. The molecule has 3 rings (SSSR count). The second-order valence-electron chi connectivity index (χ2n) is 6.96. The SMILES string of the molecule is CCNC(=NCC1CC1C)N1CCC(C)C(n2ccnc2)C1. The number of aromatic nitrogens is 2. The molecule has 0 radical (unpaired) electrons. The molecule has 122 valence electrons. The van der Waals surface area contributed by atoms with Crippen molar-refractivity contribution in [1.29, 1.82) is 0 Å². The van der Waals surface area contributed by atoms with E-state index in [1.54, 1.807) is 0 Å². The Morgan fingerprint density at radius 1 is 1.36 bits per heavy atom. The quantitative estimate of drug-likeness (QED) is 0.686. The molecule has 5 heteroatoms. The van der Waals surface area contributed by atoms with Gasteiger partial charge in [-0.05, 0) is 37.5 Å². The van der Waals surface area contributed by atoms with E-state index in [-0.39, 0.29) is 0 Å². The van der Waals surface area contributed by atoms with Crippen LogP contribution in [0.25, 0.3) is 0 Å². The Hall–Kier alpha value is -1.52. The van der Waals surface area contributed by atoms with E-state index in [4.69, 9.17) is 4.99 Å². The van der Waals surface area contributed by atoms with Gasteiger partial charge in [-0.25, -0.2) is 4.98 Å². The highest BCUT2D eigenvalue weighted by molar-refractivity contribution is 5.80. The second-order valence-corrected chi connectivity index (χ2v) is 6.96. The van der Waals surface area contributed by atoms with Gasteiger partial charge in [-0.2, -0.15) is 0 Å². The van der Waals surface area contributed by atoms with Crippen molar-refractivity contribution in [2.24, 2.45) is 22.7 Å². The molecule has 2 aliphatic rings. The van der Waals surface area contributed by atoms with E-state index in [0.29, 0.717) is 12.0 Å². The van der Waals surface area contributed by atoms with E-state index in [1.807, 2.05) is 12.5 Å². The number of aliphatic imine (C=N–C) groups is 1. The predicted octanol–water partition coefficient (Wildman–Crippen LogP) is 2.39. The average molecular weight is 303 g/mol. The van der Waals surface area contributed by atoms with Crippen molar-refractivity contribution in [2.45, 2.75) is 39.7 Å². The van der Waals surface area contributed by atoms with Crippen molar-refractivity contribution in [3.63, 3.8) is 0 Å². The summed E-state index contributed by atoms with van der Waals surface area (Å²) in [7, 11) is 0. The topological polar surface area (TPSA) is 45.5 Å². The molecule has 2 heterocycles. The Balaban J connectivity index is 1.68. The molecule has 5 nitrogen and oxygen atoms in total. The van der Waals surface area contributed by atoms with E-state index in [9.17, 15) is 0 Å². The molecule has 0 amide bonds. The van der Waals surface area contributed by atoms with Crippen molar-refractivity contribution in [1.82, 2.24) is 19.8 Å². The van der Waals surface area contributed by atoms with Gasteiger partial charge in [-0.1, -0.05) is 13.8 Å². The van der Waals surface area contributed by atoms with Crippen LogP contribution in [-0.2, 0) is 0 Å². The predicted molar refractivity (Wildman–Crippen MR) is 89.9 cm³/mol. The molecular formula is C17H29N5. The van der Waals surface area contributed by atoms with Crippen molar-refractivity contribution in [3.05, 3.63) is 18.7 Å². The summed E-state index contributed by atoms with van der Waals surface area (Å²) in [6.45, 7) is 10.8. The fraction of sp³-hybridized carbons (Fsp3) is 0.765. The molecule has 2 fully saturated rings. The van der Waals surface area contributed by atoms with Gasteiger partial charge in [0.15, 0.2) is 5.96 Å². The molecule has 1 aliphatic carbocycles. The molecule has 0 bridgehead atoms. The first-order valence-corrected chi connectivity index (χ1v) is 8.69. The maximum atomic E-state index is 4.90. The number of guanidine groups is 1. The zero-order valence-corrected chi connectivity index (χ0v) is 14.1. The van der Waals surface area contributed by atoms with E-state index < -0.39 is 0 Å². The fourth-order valence-corrected chi connectivity index (χ4v) is 3.38. The zero-order chi connectivity index (χ0) is 15.5. The lowest BCUT2D eigenvalue weighted by molar-refractivity contribution is 0.189. The number of hydrogen-bond donors (Lipinski definition) is 1. The summed E-state index contributed by atoms with van der Waals surface area (Å²) in [6.07, 6.45) is 8.45. The van der Waals surface area contributed by atoms with Crippen LogP contribution < -0.4 is 5.32 Å². The van der Waals surface area contributed by atoms with Gasteiger partial charge in [0.05, 0.1) is 12.4 Å². The third kappa shape index (κ3) is 3.45. The maximum Gasteiger partial charge on any atom is 0.193 e. The average Bonchev–Trinajstić information content (AvgIpc) is 3.00. The molecule has 1 N–H and O–H groups in total. The van der Waals surface area contributed by atoms with Crippen LogP contribution in [0.3, 0.4) is 0 Å². The summed E-state index contributed by atoms with van der Waals surface area (Å²) >= 11 is 0. The molecular weight excluding hydrogens is 274 g/mol. The van der Waals surface area contributed by atoms with Gasteiger partial charge in [-0.15, -0.1) is 0 Å². The number of nitrogens with one attached hydrogen (secondary N) is 1. The Labute approximate surface area is 133 Å². The first-order chi connectivity index (χ1) is 10.7. The lowest BCUT2D eigenvalue weighted by Crippen LogP contribution is -2.49. The number of rotatable bonds is 4. The summed E-state index contributed by atoms with van der Waals surface area (Å²) in [5.41, 5.74) is 0. The van der Waals surface area contributed by atoms with Gasteiger partial charge >= 0.3 is 0 Å². The summed E-state index contributed by atoms with van der Waals surface area (Å²) in [4.78, 5) is 11.5. The number of imidazole rings is 1. The molecule has 0 spiro atoms. The summed E-state index contributed by atoms with van der Waals surface area (Å²) in [5.74, 6) is 3.45. The third-order valence-corrected chi connectivity index (χ3v) is 5.21. The minimum Gasteiger partial charge on any atom is -0.357 e. The maximum absolute atomic E-state index is 4.90. The van der Waals surface area contributed by atoms with Gasteiger partial charge in [-0.3, -0.25) is 4.99 Å². The van der Waals surface area contributed by atoms with E-state index in [0.717, 1.165) is 44.0 Å². The Kier molecular flexibility index (Phi) is 4.69. The first-order valence-electron chi connectivity index (χ1n) is 8.69. The summed E-state index contributed by atoms with van der Waals surface area (Å²) < 4.78 is 2.25. The number of hydrogen-bond acceptors (Lipinski definition) is 2. The third-order valence-electron chi connectivity index (χ3n) is 5.21. The van der Waals surface area contributed by atoms with Crippen LogP contribution in [0.5, 0.6) is 0 Å². The van der Waals surface area contributed by atoms with Crippen LogP contribution in [-0.4, -0.2) is 46.6 Å². The molecule has 1 aromatic rings. The first kappa shape index (κ1) is 15.4. The second kappa shape index (κ2) is 6.71. The lowest BCUT2D eigenvalue weighted by Gasteiger charge is -2.39. The van der Waals surface area contributed by atoms with E-state index in [1.165, 1.54) is 12.8 Å². The van der Waals surface area contributed by atoms with Crippen molar-refractivity contribution in [3.8, 4) is 0 Å². The van der Waals surface area contributed by atoms with Crippen molar-refractivity contribution in [2.75, 3.05) is 26.2 Å². The molecule has 1 aromatic heterocycles. The smallest absolute Gasteiger partial charge is 0.193 e. The van der Waals surface area contributed by atoms with Gasteiger partial charge < -0.3 is 14.8 Å². The van der Waals surface area contributed by atoms with Crippen LogP contribution >= 0.6 is 0 Å². The highest BCUT2D eigenvalue weighted by Gasteiger charge is 2.33. The Bertz CT molecular complexity index is 495. The lowest BCUT2D eigenvalue weighted by atomic mass is 9.93. The number of piperidine rings is 1. The zero-order valence-electron chi connectivity index (χ0n) is 14.1. The minimum atomic E-state index is 0.486. The summed E-state index contributed by atoms with van der Waals surface area (Å²) in [5, 5.41) is 3.48. The standard InChI is InChI=1S/C17H29N5/c1-4-19-17(20-10-15-9-14(15)3)21-7-5-13(2)16(11-21)22-8-6-18-12-22/h6,8,12-16H,4-5,7,9-11H2,1-3H3,(H,19,20). The van der Waals surface area contributed by atoms with E-state index >= 15 is 0 Å². The van der Waals surface area contributed by atoms with Crippen molar-refractivity contribution >= 4 is 5.96 Å². The van der Waals surface area contributed by atoms with Crippen molar-refractivity contribution < 1.29 is 0 Å². The molecule has 0 aromatic carbocycles. The van der Waals surface area contributed by atoms with E-state index in [2.05, 4.69) is 46.7 Å². The van der Waals surface area contributed by atoms with Crippen LogP contribution in [0, 0.1) is 17.8 Å². The largest absolute Gasteiger partial charge is 0.357 e. The Morgan fingerprint density at radius 2 is 2.18 bits per heavy atom. The molecule has 1 saturated carbocycles. The molecule has 1 aliphatic heterocycles. The van der Waals surface area contributed by atoms with Gasteiger partial charge in [0, 0.05) is 38.6 Å². The van der Waals surface area contributed by atoms with Crippen LogP contribution in [0.15, 0.2) is 23.7 Å². The molecule has 1 saturated heterocycles. The van der Waals surface area contributed by atoms with Crippen LogP contribution in [0.4, 0.5) is 0 Å². The van der Waals surface area contributed by atoms with Gasteiger partial charge in [0.1, 0.15) is 0 Å². The number of likely N-dealkylation sites (tertiary alicyclic amines) is 1.